The Morgan fingerprint density at radius 3 is 2.59 bits per heavy atom. The van der Waals surface area contributed by atoms with E-state index in [2.05, 4.69) is 38.4 Å². The van der Waals surface area contributed by atoms with E-state index < -0.39 is 6.10 Å². The summed E-state index contributed by atoms with van der Waals surface area (Å²) in [6.07, 6.45) is 13.6. The lowest BCUT2D eigenvalue weighted by Crippen LogP contribution is -2.50. The summed E-state index contributed by atoms with van der Waals surface area (Å²) in [5.74, 6) is 0.130. The van der Waals surface area contributed by atoms with E-state index in [1.807, 2.05) is 25.2 Å². The van der Waals surface area contributed by atoms with Crippen molar-refractivity contribution in [3.8, 4) is 0 Å². The molecule has 5 heterocycles. The Kier molecular flexibility index (Phi) is 9.64. The van der Waals surface area contributed by atoms with Crippen LogP contribution >= 0.6 is 0 Å². The van der Waals surface area contributed by atoms with E-state index >= 15 is 0 Å². The summed E-state index contributed by atoms with van der Waals surface area (Å²) in [5, 5.41) is 10.6. The van der Waals surface area contributed by atoms with Crippen LogP contribution in [0.1, 0.15) is 90.3 Å². The quantitative estimate of drug-likeness (QED) is 0.324. The van der Waals surface area contributed by atoms with Gasteiger partial charge in [0, 0.05) is 30.8 Å². The first-order chi connectivity index (χ1) is 19.7. The molecular weight excluding hydrogens is 522 g/mol. The highest BCUT2D eigenvalue weighted by Crippen LogP contribution is 2.38. The molecule has 1 aromatic rings. The van der Waals surface area contributed by atoms with Crippen LogP contribution in [0.25, 0.3) is 6.08 Å². The molecule has 0 aliphatic carbocycles. The number of hydrogen-bond acceptors (Lipinski definition) is 8. The summed E-state index contributed by atoms with van der Waals surface area (Å²) in [4.78, 5) is 17.7. The second kappa shape index (κ2) is 13.2. The van der Waals surface area contributed by atoms with Gasteiger partial charge >= 0.3 is 5.97 Å². The summed E-state index contributed by atoms with van der Waals surface area (Å²) in [7, 11) is 0. The van der Waals surface area contributed by atoms with Gasteiger partial charge in [-0.25, -0.2) is 9.78 Å². The minimum atomic E-state index is -0.485. The zero-order valence-electron chi connectivity index (χ0n) is 24.7. The van der Waals surface area contributed by atoms with Crippen LogP contribution in [0.3, 0.4) is 0 Å². The second-order valence-electron chi connectivity index (χ2n) is 12.3. The normalized spacial score (nSPS) is 39.9. The van der Waals surface area contributed by atoms with Crippen molar-refractivity contribution >= 4 is 12.0 Å². The SMILES string of the molecule is C=C1C[C@@H]2C[C@@H]3C[C@@H](O)C[C@@H](O3)c3coc(n3)/C=C/C[C@H]3O[C@@H](/C(C)=C/C)[C@H](C)[C@@H](OC(=O)C=CC[C@@H](C1)O2)[C@H]3C. The smallest absolute Gasteiger partial charge is 0.330 e. The fraction of sp³-hybridized carbons (Fsp3) is 0.636. The van der Waals surface area contributed by atoms with Crippen LogP contribution in [-0.2, 0) is 23.7 Å². The molecule has 3 saturated heterocycles. The Bertz CT molecular complexity index is 1170. The van der Waals surface area contributed by atoms with Crippen molar-refractivity contribution in [2.45, 2.75) is 121 Å². The molecule has 4 aliphatic rings. The van der Waals surface area contributed by atoms with Crippen LogP contribution in [0.4, 0.5) is 0 Å². The van der Waals surface area contributed by atoms with E-state index in [4.69, 9.17) is 23.4 Å². The van der Waals surface area contributed by atoms with Gasteiger partial charge in [-0.1, -0.05) is 44.2 Å². The van der Waals surface area contributed by atoms with Crippen molar-refractivity contribution in [3.63, 3.8) is 0 Å². The van der Waals surface area contributed by atoms with E-state index in [0.717, 1.165) is 24.0 Å². The Morgan fingerprint density at radius 2 is 1.78 bits per heavy atom. The van der Waals surface area contributed by atoms with Gasteiger partial charge in [-0.2, -0.15) is 0 Å². The highest BCUT2D eigenvalue weighted by molar-refractivity contribution is 5.82. The summed E-state index contributed by atoms with van der Waals surface area (Å²) in [6.45, 7) is 12.5. The van der Waals surface area contributed by atoms with Gasteiger partial charge < -0.3 is 28.5 Å². The number of esters is 1. The zero-order chi connectivity index (χ0) is 29.1. The number of allylic oxidation sites excluding steroid dienone is 1. The number of aliphatic hydroxyl groups excluding tert-OH is 1. The summed E-state index contributed by atoms with van der Waals surface area (Å²) in [6, 6.07) is 0. The van der Waals surface area contributed by atoms with Gasteiger partial charge in [0.25, 0.3) is 0 Å². The van der Waals surface area contributed by atoms with E-state index in [0.29, 0.717) is 43.7 Å². The number of carbonyl (C=O) groups is 1. The number of fused-ring (bicyclic) bond motifs is 9. The molecule has 0 amide bonds. The molecule has 41 heavy (non-hydrogen) atoms. The second-order valence-corrected chi connectivity index (χ2v) is 12.3. The van der Waals surface area contributed by atoms with E-state index in [9.17, 15) is 9.90 Å². The number of aliphatic hydroxyl groups is 1. The largest absolute Gasteiger partial charge is 0.458 e. The van der Waals surface area contributed by atoms with Crippen molar-refractivity contribution in [2.75, 3.05) is 0 Å². The van der Waals surface area contributed by atoms with Gasteiger partial charge in [-0.05, 0) is 57.6 Å². The third-order valence-corrected chi connectivity index (χ3v) is 9.05. The van der Waals surface area contributed by atoms with E-state index in [1.54, 1.807) is 6.26 Å². The standard InChI is InChI=1S/C33H45NO7/c1-6-20(3)32-22(5)33-21(4)28(40-32)10-8-11-30-34-27(18-37-30)29-16-23(35)15-26(39-29)17-25-14-19(2)13-24(38-25)9-7-12-31(36)41-33/h6-8,11-12,18,21-26,28-29,32-33,35H,2,9-10,13-17H2,1,3-5H3/b11-8+,12-7?,20-6+/t21-,22-,23+,24-,25+,26-,28+,29+,32-,33-/m0/s1. The van der Waals surface area contributed by atoms with Crippen LogP contribution in [0.2, 0.25) is 0 Å². The number of aromatic nitrogens is 1. The van der Waals surface area contributed by atoms with Gasteiger partial charge in [0.1, 0.15) is 24.2 Å². The van der Waals surface area contributed by atoms with Gasteiger partial charge in [0.2, 0.25) is 5.89 Å². The fourth-order valence-electron chi connectivity index (χ4n) is 6.79. The van der Waals surface area contributed by atoms with Gasteiger partial charge in [0.15, 0.2) is 0 Å². The molecule has 5 rings (SSSR count). The number of ether oxygens (including phenoxy) is 4. The molecule has 0 unspecified atom stereocenters. The lowest BCUT2D eigenvalue weighted by molar-refractivity contribution is -0.180. The van der Waals surface area contributed by atoms with Gasteiger partial charge in [-0.15, -0.1) is 0 Å². The number of hydrogen-bond donors (Lipinski definition) is 1. The van der Waals surface area contributed by atoms with Crippen LogP contribution in [0, 0.1) is 11.8 Å². The first-order valence-electron chi connectivity index (χ1n) is 15.1. The molecule has 1 N–H and O–H groups in total. The Hall–Kier alpha value is -2.52. The zero-order valence-corrected chi connectivity index (χ0v) is 24.7. The Balaban J connectivity index is 1.41. The minimum Gasteiger partial charge on any atom is -0.458 e. The van der Waals surface area contributed by atoms with Crippen LogP contribution in [0.15, 0.2) is 52.7 Å². The van der Waals surface area contributed by atoms with Crippen molar-refractivity contribution in [2.24, 2.45) is 11.8 Å². The molecule has 8 bridgehead atoms. The summed E-state index contributed by atoms with van der Waals surface area (Å²) < 4.78 is 31.2. The molecule has 0 radical (unpaired) electrons. The highest BCUT2D eigenvalue weighted by Gasteiger charge is 2.43. The number of carbonyl (C=O) groups excluding carboxylic acids is 1. The third-order valence-electron chi connectivity index (χ3n) is 9.05. The molecular formula is C33H45NO7. The van der Waals surface area contributed by atoms with Gasteiger partial charge in [-0.3, -0.25) is 0 Å². The van der Waals surface area contributed by atoms with Crippen molar-refractivity contribution in [1.82, 2.24) is 4.98 Å². The molecule has 3 fully saturated rings. The number of oxazole rings is 1. The average Bonchev–Trinajstić information content (AvgIpc) is 3.40. The summed E-state index contributed by atoms with van der Waals surface area (Å²) in [5.41, 5.74) is 2.93. The van der Waals surface area contributed by atoms with Crippen molar-refractivity contribution in [1.29, 1.82) is 0 Å². The van der Waals surface area contributed by atoms with Gasteiger partial charge in [0.05, 0.1) is 36.6 Å². The molecule has 0 aromatic carbocycles. The molecule has 1 aromatic heterocycles. The number of nitrogens with zero attached hydrogens (tertiary/aromatic N) is 1. The predicted molar refractivity (Wildman–Crippen MR) is 155 cm³/mol. The lowest BCUT2D eigenvalue weighted by Gasteiger charge is -2.44. The average molecular weight is 568 g/mol. The van der Waals surface area contributed by atoms with Crippen LogP contribution in [-0.4, -0.2) is 58.8 Å². The topological polar surface area (TPSA) is 100 Å². The van der Waals surface area contributed by atoms with E-state index in [1.165, 1.54) is 6.08 Å². The minimum absolute atomic E-state index is 0.00940. The fourth-order valence-corrected chi connectivity index (χ4v) is 6.79. The third kappa shape index (κ3) is 7.28. The molecule has 224 valence electrons. The first-order valence-corrected chi connectivity index (χ1v) is 15.1. The molecule has 8 heteroatoms. The predicted octanol–water partition coefficient (Wildman–Crippen LogP) is 6.03. The Labute approximate surface area is 243 Å². The Morgan fingerprint density at radius 1 is 1.00 bits per heavy atom. The lowest BCUT2D eigenvalue weighted by atomic mass is 9.79. The molecule has 4 aliphatic heterocycles. The monoisotopic (exact) mass is 567 g/mol. The van der Waals surface area contributed by atoms with Crippen LogP contribution in [0.5, 0.6) is 0 Å². The first kappa shape index (κ1) is 30.0. The number of rotatable bonds is 1. The summed E-state index contributed by atoms with van der Waals surface area (Å²) >= 11 is 0. The maximum absolute atomic E-state index is 13.0. The van der Waals surface area contributed by atoms with Crippen molar-refractivity contribution < 1.29 is 33.3 Å². The molecule has 8 nitrogen and oxygen atoms in total. The molecule has 0 saturated carbocycles. The highest BCUT2D eigenvalue weighted by atomic mass is 16.6. The molecule has 10 atom stereocenters. The maximum atomic E-state index is 13.0. The van der Waals surface area contributed by atoms with Crippen LogP contribution < -0.4 is 0 Å². The molecule has 0 spiro atoms. The van der Waals surface area contributed by atoms with Crippen molar-refractivity contribution in [3.05, 3.63) is 59.9 Å². The maximum Gasteiger partial charge on any atom is 0.330 e. The van der Waals surface area contributed by atoms with E-state index in [-0.39, 0.29) is 60.5 Å².